The lowest BCUT2D eigenvalue weighted by Crippen LogP contribution is -2.22. The highest BCUT2D eigenvalue weighted by molar-refractivity contribution is 9.69. The van der Waals surface area contributed by atoms with Crippen LogP contribution in [0.15, 0.2) is 79.4 Å². The average Bonchev–Trinajstić information content (AvgIpc) is 3.53. The summed E-state index contributed by atoms with van der Waals surface area (Å²) in [4.78, 5) is 50.0. The zero-order valence-corrected chi connectivity index (χ0v) is 39.0. The molecule has 7 N–H and O–H groups in total. The molecule has 59 heavy (non-hydrogen) atoms. The Morgan fingerprint density at radius 1 is 0.627 bits per heavy atom. The van der Waals surface area contributed by atoms with Crippen molar-refractivity contribution in [1.29, 1.82) is 0 Å². The minimum atomic E-state index is -0.403. The number of nitrogens with zero attached hydrogens (tertiary/aromatic N) is 2. The number of ether oxygens (including phenoxy) is 3. The first-order valence-corrected chi connectivity index (χ1v) is 21.5. The molecule has 2 heterocycles. The van der Waals surface area contributed by atoms with Gasteiger partial charge in [-0.15, -0.1) is 47.3 Å². The molecule has 314 valence electrons. The summed E-state index contributed by atoms with van der Waals surface area (Å²) in [6.45, 7) is 0. The van der Waals surface area contributed by atoms with Gasteiger partial charge < -0.3 is 41.0 Å². The van der Waals surface area contributed by atoms with Crippen LogP contribution in [0.5, 0.6) is 46.0 Å². The number of likely N-dealkylation sites (N-methyl/N-ethyl adjacent to an activating group) is 2. The van der Waals surface area contributed by atoms with Crippen molar-refractivity contribution >= 4 is 152 Å². The van der Waals surface area contributed by atoms with Gasteiger partial charge in [-0.25, -0.2) is 0 Å². The Hall–Kier alpha value is -3.80. The highest BCUT2D eigenvalue weighted by atomic mass is 79.9. The molecule has 2 fully saturated rings. The molecular weight excluding hydrogens is 1130 g/mol. The largest absolute Gasteiger partial charge is 0.506 e. The smallest absolute Gasteiger partial charge is 0.369 e. The van der Waals surface area contributed by atoms with Gasteiger partial charge >= 0.3 is 3.18 Å². The highest BCUT2D eigenvalue weighted by Gasteiger charge is 2.33. The van der Waals surface area contributed by atoms with Crippen LogP contribution in [0.3, 0.4) is 0 Å². The number of carbonyl (C=O) groups excluding carboxylic acids is 4. The van der Waals surface area contributed by atoms with Crippen molar-refractivity contribution in [1.82, 2.24) is 9.80 Å². The molecule has 0 aromatic heterocycles. The maximum absolute atomic E-state index is 12.1. The van der Waals surface area contributed by atoms with Crippen LogP contribution in [0.1, 0.15) is 26.0 Å². The summed E-state index contributed by atoms with van der Waals surface area (Å²) in [7, 11) is 4.32. The number of methoxy groups -OCH3 is 1. The molecule has 4 amide bonds. The van der Waals surface area contributed by atoms with Crippen LogP contribution in [0.4, 0.5) is 21.0 Å². The summed E-state index contributed by atoms with van der Waals surface area (Å²) >= 11 is 17.6. The molecule has 0 spiro atoms. The summed E-state index contributed by atoms with van der Waals surface area (Å²) in [6.07, 6.45) is 3.08. The molecule has 0 bridgehead atoms. The van der Waals surface area contributed by atoms with Crippen molar-refractivity contribution in [2.75, 3.05) is 32.7 Å². The fraction of sp³-hybridized carbons (Fsp3) is 0.135. The van der Waals surface area contributed by atoms with Gasteiger partial charge in [0.05, 0.1) is 16.9 Å². The van der Waals surface area contributed by atoms with E-state index in [-0.39, 0.29) is 90.1 Å². The normalized spacial score (nSPS) is 14.5. The summed E-state index contributed by atoms with van der Waals surface area (Å²) < 4.78 is 17.8. The van der Waals surface area contributed by atoms with E-state index < -0.39 is 5.91 Å². The molecule has 0 atom stereocenters. The third-order valence-electron chi connectivity index (χ3n) is 7.43. The van der Waals surface area contributed by atoms with Gasteiger partial charge in [0.1, 0.15) is 22.9 Å². The quantitative estimate of drug-likeness (QED) is 0.0504. The van der Waals surface area contributed by atoms with Gasteiger partial charge in [0.25, 0.3) is 22.3 Å². The molecule has 0 radical (unpaired) electrons. The Morgan fingerprint density at radius 2 is 1.00 bits per heavy atom. The number of thioether (sulfide) groups is 2. The standard InChI is InChI=1S/C18H15BrN2O5S.C17H13BrN2O5S.2CH4.BBr3/c1-21-17(23)15(27-18(21)24)7-9-6-14(11(22)8-10(9)19)26-13-5-3-4-12(25-2)16(13)20;1-20-16(23)14(26-17(20)24)6-8-5-13(11(22)7-9(8)18)25-12-4-2-3-10(21)15(12)19;;;2-1(3)4/h3-8,22H,20H2,1-2H3;2-7,21-22H,19H2,1H3;2*1H4;/b15-7-;14-6-;;;. The number of benzene rings is 4. The van der Waals surface area contributed by atoms with Gasteiger partial charge in [0, 0.05) is 23.0 Å². The predicted octanol–water partition coefficient (Wildman–Crippen LogP) is 11.5. The van der Waals surface area contributed by atoms with E-state index in [1.807, 2.05) is 0 Å². The summed E-state index contributed by atoms with van der Waals surface area (Å²) in [5, 5.41) is 29.3. The van der Waals surface area contributed by atoms with Crippen LogP contribution in [0.2, 0.25) is 0 Å². The number of hydrogen-bond donors (Lipinski definition) is 5. The number of imide groups is 2. The second kappa shape index (κ2) is 22.7. The molecule has 2 saturated heterocycles. The molecule has 0 aliphatic carbocycles. The number of aromatic hydroxyl groups is 3. The van der Waals surface area contributed by atoms with Crippen molar-refractivity contribution in [3.63, 3.8) is 0 Å². The molecule has 4 aromatic carbocycles. The highest BCUT2D eigenvalue weighted by Crippen LogP contribution is 2.43. The van der Waals surface area contributed by atoms with Gasteiger partial charge in [-0.3, -0.25) is 29.0 Å². The van der Waals surface area contributed by atoms with Gasteiger partial charge in [-0.1, -0.05) is 58.8 Å². The Morgan fingerprint density at radius 3 is 1.37 bits per heavy atom. The first kappa shape index (κ1) is 51.3. The third-order valence-corrected chi connectivity index (χ3v) is 10.7. The lowest BCUT2D eigenvalue weighted by atomic mass is 10.1. The third kappa shape index (κ3) is 13.1. The summed E-state index contributed by atoms with van der Waals surface area (Å²) in [5.41, 5.74) is 13.2. The fourth-order valence-corrected chi connectivity index (χ4v) is 7.05. The zero-order chi connectivity index (χ0) is 42.3. The number of halogens is 5. The Bertz CT molecular complexity index is 2320. The fourth-order valence-electron chi connectivity index (χ4n) is 4.52. The van der Waals surface area contributed by atoms with Crippen molar-refractivity contribution in [3.8, 4) is 46.0 Å². The number of para-hydroxylation sites is 2. The number of phenolic OH excluding ortho intramolecular Hbond substituents is 3. The maximum atomic E-state index is 12.1. The van der Waals surface area contributed by atoms with E-state index >= 15 is 0 Å². The van der Waals surface area contributed by atoms with Gasteiger partial charge in [-0.05, 0) is 95.3 Å². The molecule has 2 aliphatic rings. The second-order valence-corrected chi connectivity index (χ2v) is 21.3. The van der Waals surface area contributed by atoms with Gasteiger partial charge in [0.15, 0.2) is 34.5 Å². The van der Waals surface area contributed by atoms with E-state index in [2.05, 4.69) is 79.1 Å². The molecule has 0 unspecified atom stereocenters. The van der Waals surface area contributed by atoms with Crippen LogP contribution in [0, 0.1) is 0 Å². The Balaban J connectivity index is 0.000000362. The Kier molecular flexibility index (Phi) is 19.8. The molecule has 4 aromatic rings. The second-order valence-electron chi connectivity index (χ2n) is 11.2. The Labute approximate surface area is 390 Å². The lowest BCUT2D eigenvalue weighted by molar-refractivity contribution is -0.122. The van der Waals surface area contributed by atoms with Crippen LogP contribution in [-0.4, -0.2) is 71.8 Å². The number of carbonyl (C=O) groups is 4. The van der Waals surface area contributed by atoms with E-state index in [1.54, 1.807) is 42.5 Å². The van der Waals surface area contributed by atoms with Gasteiger partial charge in [-0.2, -0.15) is 0 Å². The zero-order valence-electron chi connectivity index (χ0n) is 29.5. The van der Waals surface area contributed by atoms with Crippen LogP contribution >= 0.6 is 103 Å². The average molecular weight is 1170 g/mol. The van der Waals surface area contributed by atoms with E-state index in [0.29, 0.717) is 31.6 Å². The monoisotopic (exact) mass is 1170 g/mol. The first-order valence-electron chi connectivity index (χ1n) is 15.6. The number of anilines is 2. The SMILES string of the molecule is BrB(Br)Br.C.C.CN1C(=O)S/C(=C\c2cc(Oc3cccc(O)c3N)c(O)cc2Br)C1=O.COc1cccc(Oc2cc(/C=C3\SC(=O)N(C)C3=O)c(Br)cc2O)c1N. The van der Waals surface area contributed by atoms with Crippen LogP contribution in [-0.2, 0) is 9.59 Å². The molecule has 2 aliphatic heterocycles. The van der Waals surface area contributed by atoms with Crippen LogP contribution in [0.25, 0.3) is 12.2 Å². The number of rotatable bonds is 7. The van der Waals surface area contributed by atoms with Crippen molar-refractivity contribution in [2.45, 2.75) is 14.9 Å². The van der Waals surface area contributed by atoms with E-state index in [1.165, 1.54) is 51.5 Å². The topological polar surface area (TPSA) is 215 Å². The number of nitrogen functional groups attached to an aromatic ring is 2. The number of hydrogen-bond acceptors (Lipinski definition) is 14. The number of phenols is 3. The number of nitrogens with two attached hydrogens (primary N) is 2. The summed E-state index contributed by atoms with van der Waals surface area (Å²) in [6, 6.07) is 15.4. The minimum Gasteiger partial charge on any atom is -0.506 e. The number of amides is 4. The van der Waals surface area contributed by atoms with E-state index in [9.17, 15) is 34.5 Å². The maximum Gasteiger partial charge on any atom is 0.369 e. The molecule has 14 nitrogen and oxygen atoms in total. The van der Waals surface area contributed by atoms with Crippen LogP contribution < -0.4 is 25.7 Å². The molecular formula is C37H36BBr5N4O10S2. The van der Waals surface area contributed by atoms with E-state index in [0.717, 1.165) is 33.3 Å². The molecule has 22 heteroatoms. The minimum absolute atomic E-state index is 0. The van der Waals surface area contributed by atoms with Crippen molar-refractivity contribution in [2.24, 2.45) is 0 Å². The molecule has 0 saturated carbocycles. The predicted molar refractivity (Wildman–Crippen MR) is 255 cm³/mol. The van der Waals surface area contributed by atoms with Gasteiger partial charge in [0.2, 0.25) is 0 Å². The van der Waals surface area contributed by atoms with Crippen molar-refractivity contribution in [3.05, 3.63) is 90.5 Å². The molecule has 6 rings (SSSR count). The van der Waals surface area contributed by atoms with E-state index in [4.69, 9.17) is 25.7 Å². The first-order chi connectivity index (χ1) is 26.8. The van der Waals surface area contributed by atoms with Crippen molar-refractivity contribution < 1.29 is 48.7 Å². The lowest BCUT2D eigenvalue weighted by Gasteiger charge is -2.13. The summed E-state index contributed by atoms with van der Waals surface area (Å²) in [5.74, 6) is -0.0758.